The van der Waals surface area contributed by atoms with Crippen LogP contribution in [-0.2, 0) is 16.6 Å². The minimum atomic E-state index is -3.88. The third-order valence-electron chi connectivity index (χ3n) is 3.47. The number of nitrogens with zero attached hydrogens (tertiary/aromatic N) is 3. The molecule has 2 heterocycles. The van der Waals surface area contributed by atoms with E-state index < -0.39 is 15.9 Å². The minimum absolute atomic E-state index is 0.00960. The molecule has 10 heteroatoms. The Morgan fingerprint density at radius 1 is 1.27 bits per heavy atom. The number of aryl methyl sites for hydroxylation is 1. The van der Waals surface area contributed by atoms with Gasteiger partial charge in [0, 0.05) is 17.3 Å². The molecule has 1 aromatic carbocycles. The summed E-state index contributed by atoms with van der Waals surface area (Å²) in [5.74, 6) is 0.0726. The van der Waals surface area contributed by atoms with Gasteiger partial charge < -0.3 is 10.1 Å². The summed E-state index contributed by atoms with van der Waals surface area (Å²) in [6.07, 6.45) is 1.24. The van der Waals surface area contributed by atoms with Gasteiger partial charge in [0.25, 0.3) is 15.9 Å². The molecule has 0 aliphatic carbocycles. The van der Waals surface area contributed by atoms with Gasteiger partial charge in [-0.2, -0.15) is 17.6 Å². The van der Waals surface area contributed by atoms with E-state index in [9.17, 15) is 13.2 Å². The zero-order chi connectivity index (χ0) is 18.7. The van der Waals surface area contributed by atoms with Crippen molar-refractivity contribution in [1.82, 2.24) is 19.5 Å². The van der Waals surface area contributed by atoms with Crippen molar-refractivity contribution in [2.24, 2.45) is 0 Å². The molecular weight excluding hydrogens is 376 g/mol. The van der Waals surface area contributed by atoms with Gasteiger partial charge >= 0.3 is 0 Å². The Kier molecular flexibility index (Phi) is 5.05. The lowest BCUT2D eigenvalue weighted by molar-refractivity contribution is 0.0945. The number of hydrogen-bond donors (Lipinski definition) is 1. The Morgan fingerprint density at radius 2 is 2.00 bits per heavy atom. The third-order valence-corrected chi connectivity index (χ3v) is 6.00. The van der Waals surface area contributed by atoms with E-state index in [4.69, 9.17) is 4.74 Å². The van der Waals surface area contributed by atoms with Crippen LogP contribution in [-0.4, -0.2) is 35.6 Å². The fourth-order valence-electron chi connectivity index (χ4n) is 2.15. The number of nitrogens with one attached hydrogen (secondary N) is 1. The first-order valence-corrected chi connectivity index (χ1v) is 9.86. The zero-order valence-corrected chi connectivity index (χ0v) is 15.7. The lowest BCUT2D eigenvalue weighted by Gasteiger charge is -2.05. The quantitative estimate of drug-likeness (QED) is 0.686. The van der Waals surface area contributed by atoms with Gasteiger partial charge in [-0.1, -0.05) is 0 Å². The van der Waals surface area contributed by atoms with Crippen LogP contribution in [0.5, 0.6) is 5.75 Å². The first-order chi connectivity index (χ1) is 12.4. The number of aromatic nitrogens is 3. The van der Waals surface area contributed by atoms with Crippen molar-refractivity contribution < 1.29 is 17.9 Å². The number of amides is 1. The summed E-state index contributed by atoms with van der Waals surface area (Å²) in [6.45, 7) is 2.13. The van der Waals surface area contributed by atoms with Crippen LogP contribution >= 0.6 is 11.3 Å². The number of hydrogen-bond acceptors (Lipinski definition) is 7. The summed E-state index contributed by atoms with van der Waals surface area (Å²) in [7, 11) is -2.39. The second kappa shape index (κ2) is 7.26. The van der Waals surface area contributed by atoms with Crippen LogP contribution in [0.25, 0.3) is 0 Å². The highest BCUT2D eigenvalue weighted by Gasteiger charge is 2.20. The van der Waals surface area contributed by atoms with Crippen molar-refractivity contribution in [3.63, 3.8) is 0 Å². The van der Waals surface area contributed by atoms with E-state index in [0.717, 1.165) is 14.8 Å². The van der Waals surface area contributed by atoms with E-state index in [1.165, 1.54) is 42.8 Å². The zero-order valence-electron chi connectivity index (χ0n) is 14.0. The first-order valence-electron chi connectivity index (χ1n) is 7.54. The summed E-state index contributed by atoms with van der Waals surface area (Å²) in [4.78, 5) is 16.5. The average molecular weight is 392 g/mol. The molecular formula is C16H16N4O4S2. The standard InChI is InChI=1S/C16H16N4O4S2/c1-11-10-25-15(18-11)9-17-16(21)14-7-8-20(19-14)26(22,23)13-5-3-12(24-2)4-6-13/h3-8,10H,9H2,1-2H3,(H,17,21). The molecule has 1 amide bonds. The van der Waals surface area contributed by atoms with E-state index in [2.05, 4.69) is 15.4 Å². The van der Waals surface area contributed by atoms with Gasteiger partial charge in [0.15, 0.2) is 5.69 Å². The van der Waals surface area contributed by atoms with Gasteiger partial charge in [-0.05, 0) is 37.3 Å². The number of ether oxygens (including phenoxy) is 1. The number of methoxy groups -OCH3 is 1. The maximum atomic E-state index is 12.6. The lowest BCUT2D eigenvalue weighted by atomic mass is 10.3. The van der Waals surface area contributed by atoms with E-state index in [-0.39, 0.29) is 17.1 Å². The average Bonchev–Trinajstić information content (AvgIpc) is 3.29. The molecule has 3 rings (SSSR count). The summed E-state index contributed by atoms with van der Waals surface area (Å²) < 4.78 is 30.9. The molecule has 0 saturated carbocycles. The monoisotopic (exact) mass is 392 g/mol. The van der Waals surface area contributed by atoms with Gasteiger partial charge in [-0.25, -0.2) is 4.98 Å². The summed E-state index contributed by atoms with van der Waals surface area (Å²) in [5.41, 5.74) is 0.893. The Hall–Kier alpha value is -2.72. The molecule has 0 bridgehead atoms. The van der Waals surface area contributed by atoms with Crippen molar-refractivity contribution >= 4 is 27.3 Å². The van der Waals surface area contributed by atoms with Crippen LogP contribution in [0.4, 0.5) is 0 Å². The summed E-state index contributed by atoms with van der Waals surface area (Å²) in [6, 6.07) is 7.27. The molecule has 0 radical (unpaired) electrons. The molecule has 0 aliphatic heterocycles. The topological polar surface area (TPSA) is 103 Å². The molecule has 2 aromatic heterocycles. The van der Waals surface area contributed by atoms with Crippen LogP contribution < -0.4 is 10.1 Å². The molecule has 0 saturated heterocycles. The first kappa shape index (κ1) is 18.1. The Labute approximate surface area is 154 Å². The maximum Gasteiger partial charge on any atom is 0.282 e. The fourth-order valence-corrected chi connectivity index (χ4v) is 3.97. The Morgan fingerprint density at radius 3 is 2.62 bits per heavy atom. The van der Waals surface area contributed by atoms with Crippen LogP contribution in [0.1, 0.15) is 21.2 Å². The fraction of sp³-hybridized carbons (Fsp3) is 0.188. The van der Waals surface area contributed by atoms with Gasteiger partial charge in [0.1, 0.15) is 10.8 Å². The molecule has 8 nitrogen and oxygen atoms in total. The minimum Gasteiger partial charge on any atom is -0.497 e. The highest BCUT2D eigenvalue weighted by Crippen LogP contribution is 2.18. The maximum absolute atomic E-state index is 12.6. The Balaban J connectivity index is 1.74. The molecule has 3 aromatic rings. The molecule has 0 spiro atoms. The molecule has 0 atom stereocenters. The third kappa shape index (κ3) is 3.75. The van der Waals surface area contributed by atoms with Crippen molar-refractivity contribution in [3.8, 4) is 5.75 Å². The smallest absolute Gasteiger partial charge is 0.282 e. The SMILES string of the molecule is COc1ccc(S(=O)(=O)n2ccc(C(=O)NCc3nc(C)cs3)n2)cc1. The van der Waals surface area contributed by atoms with Crippen molar-refractivity contribution in [3.05, 3.63) is 58.3 Å². The largest absolute Gasteiger partial charge is 0.497 e. The second-order valence-corrected chi connectivity index (χ2v) is 8.06. The molecule has 136 valence electrons. The molecule has 0 fully saturated rings. The normalized spacial score (nSPS) is 11.3. The van der Waals surface area contributed by atoms with Gasteiger partial charge in [0.05, 0.1) is 18.6 Å². The number of carbonyl (C=O) groups is 1. The van der Waals surface area contributed by atoms with E-state index in [0.29, 0.717) is 5.75 Å². The van der Waals surface area contributed by atoms with Crippen molar-refractivity contribution in [1.29, 1.82) is 0 Å². The molecule has 0 aliphatic rings. The number of benzene rings is 1. The molecule has 0 unspecified atom stereocenters. The van der Waals surface area contributed by atoms with Gasteiger partial charge in [-0.15, -0.1) is 11.3 Å². The van der Waals surface area contributed by atoms with Gasteiger partial charge in [-0.3, -0.25) is 4.79 Å². The lowest BCUT2D eigenvalue weighted by Crippen LogP contribution is -2.24. The van der Waals surface area contributed by atoms with E-state index in [1.807, 2.05) is 12.3 Å². The highest BCUT2D eigenvalue weighted by molar-refractivity contribution is 7.89. The predicted molar refractivity (Wildman–Crippen MR) is 95.8 cm³/mol. The number of carbonyl (C=O) groups excluding carboxylic acids is 1. The van der Waals surface area contributed by atoms with E-state index in [1.54, 1.807) is 12.1 Å². The predicted octanol–water partition coefficient (Wildman–Crippen LogP) is 1.82. The van der Waals surface area contributed by atoms with Crippen molar-refractivity contribution in [2.75, 3.05) is 7.11 Å². The van der Waals surface area contributed by atoms with Crippen LogP contribution in [0.3, 0.4) is 0 Å². The molecule has 26 heavy (non-hydrogen) atoms. The summed E-state index contributed by atoms with van der Waals surface area (Å²) in [5, 5.41) is 9.21. The number of rotatable bonds is 6. The molecule has 1 N–H and O–H groups in total. The van der Waals surface area contributed by atoms with Crippen LogP contribution in [0, 0.1) is 6.92 Å². The van der Waals surface area contributed by atoms with Crippen LogP contribution in [0.2, 0.25) is 0 Å². The second-order valence-electron chi connectivity index (χ2n) is 5.32. The summed E-state index contributed by atoms with van der Waals surface area (Å²) >= 11 is 1.44. The van der Waals surface area contributed by atoms with Crippen molar-refractivity contribution in [2.45, 2.75) is 18.4 Å². The van der Waals surface area contributed by atoms with E-state index >= 15 is 0 Å². The Bertz CT molecular complexity index is 1020. The number of thiazole rings is 1. The highest BCUT2D eigenvalue weighted by atomic mass is 32.2. The van der Waals surface area contributed by atoms with Gasteiger partial charge in [0.2, 0.25) is 0 Å². The van der Waals surface area contributed by atoms with Crippen LogP contribution in [0.15, 0.2) is 46.8 Å².